The number of benzene rings is 1. The minimum atomic E-state index is 0.600. The van der Waals surface area contributed by atoms with Crippen LogP contribution in [0.4, 0.5) is 5.69 Å². The molecule has 1 aromatic rings. The number of nitrogens with one attached hydrogen (secondary N) is 1. The molecule has 0 spiro atoms. The average Bonchev–Trinajstić information content (AvgIpc) is 2.35. The highest BCUT2D eigenvalue weighted by Crippen LogP contribution is 2.36. The van der Waals surface area contributed by atoms with Crippen LogP contribution >= 0.6 is 31.9 Å². The van der Waals surface area contributed by atoms with Crippen molar-refractivity contribution in [2.75, 3.05) is 25.0 Å². The Balaban J connectivity index is 1.81. The Labute approximate surface area is 125 Å². The van der Waals surface area contributed by atoms with Gasteiger partial charge in [-0.05, 0) is 88.3 Å². The third-order valence-electron chi connectivity index (χ3n) is 4.17. The molecule has 0 amide bonds. The van der Waals surface area contributed by atoms with Gasteiger partial charge in [-0.15, -0.1) is 0 Å². The summed E-state index contributed by atoms with van der Waals surface area (Å²) in [6.45, 7) is 5.89. The summed E-state index contributed by atoms with van der Waals surface area (Å²) in [5.41, 5.74) is 2.48. The Morgan fingerprint density at radius 1 is 1.17 bits per heavy atom. The van der Waals surface area contributed by atoms with E-state index in [1.165, 1.54) is 43.7 Å². The molecule has 0 radical (unpaired) electrons. The van der Waals surface area contributed by atoms with E-state index >= 15 is 0 Å². The summed E-state index contributed by atoms with van der Waals surface area (Å²) >= 11 is 7.34. The summed E-state index contributed by atoms with van der Waals surface area (Å²) in [6, 6.07) is 4.95. The summed E-state index contributed by atoms with van der Waals surface area (Å²) in [6.07, 6.45) is 2.69. The molecular weight excluding hydrogens is 356 g/mol. The van der Waals surface area contributed by atoms with Crippen molar-refractivity contribution in [1.82, 2.24) is 4.90 Å². The van der Waals surface area contributed by atoms with Gasteiger partial charge in [-0.25, -0.2) is 0 Å². The predicted molar refractivity (Wildman–Crippen MR) is 83.2 cm³/mol. The molecule has 3 aliphatic rings. The van der Waals surface area contributed by atoms with Gasteiger partial charge in [0.15, 0.2) is 0 Å². The van der Waals surface area contributed by atoms with E-state index in [9.17, 15) is 0 Å². The van der Waals surface area contributed by atoms with Crippen LogP contribution in [0.3, 0.4) is 0 Å². The van der Waals surface area contributed by atoms with Gasteiger partial charge in [0.25, 0.3) is 0 Å². The highest BCUT2D eigenvalue weighted by Gasteiger charge is 2.34. The fourth-order valence-electron chi connectivity index (χ4n) is 3.15. The lowest BCUT2D eigenvalue weighted by Gasteiger charge is -2.45. The highest BCUT2D eigenvalue weighted by atomic mass is 79.9. The fraction of sp³-hybridized carbons (Fsp3) is 0.571. The Kier molecular flexibility index (Phi) is 3.70. The smallest absolute Gasteiger partial charge is 0.0631 e. The average molecular weight is 374 g/mol. The minimum absolute atomic E-state index is 0.600. The van der Waals surface area contributed by atoms with Crippen LogP contribution < -0.4 is 5.32 Å². The van der Waals surface area contributed by atoms with Gasteiger partial charge in [-0.1, -0.05) is 0 Å². The minimum Gasteiger partial charge on any atom is -0.379 e. The van der Waals surface area contributed by atoms with Crippen molar-refractivity contribution in [2.24, 2.45) is 5.92 Å². The van der Waals surface area contributed by atoms with Gasteiger partial charge in [-0.2, -0.15) is 0 Å². The number of hydrogen-bond acceptors (Lipinski definition) is 2. The summed E-state index contributed by atoms with van der Waals surface area (Å²) in [5, 5.41) is 3.74. The van der Waals surface area contributed by atoms with E-state index in [-0.39, 0.29) is 0 Å². The number of hydrogen-bond donors (Lipinski definition) is 1. The monoisotopic (exact) mass is 372 g/mol. The van der Waals surface area contributed by atoms with Crippen molar-refractivity contribution in [3.8, 4) is 0 Å². The first-order valence-corrected chi connectivity index (χ1v) is 8.16. The molecule has 3 fully saturated rings. The molecule has 4 rings (SSSR count). The zero-order chi connectivity index (χ0) is 12.7. The molecule has 2 nitrogen and oxygen atoms in total. The van der Waals surface area contributed by atoms with Crippen LogP contribution in [0.15, 0.2) is 21.1 Å². The van der Waals surface area contributed by atoms with Gasteiger partial charge in [0.1, 0.15) is 0 Å². The van der Waals surface area contributed by atoms with Crippen LogP contribution in [0.5, 0.6) is 0 Å². The first-order valence-electron chi connectivity index (χ1n) is 6.58. The Hall–Kier alpha value is -0.0600. The van der Waals surface area contributed by atoms with Crippen LogP contribution in [0.1, 0.15) is 18.4 Å². The molecule has 4 heteroatoms. The van der Waals surface area contributed by atoms with Crippen molar-refractivity contribution >= 4 is 37.5 Å². The zero-order valence-corrected chi connectivity index (χ0v) is 13.7. The molecule has 3 heterocycles. The predicted octanol–water partition coefficient (Wildman–Crippen LogP) is 4.03. The standard InChI is InChI=1S/C14H18Br2N2/c1-9-6-11(15)14(12(16)7-9)17-13-8-18-4-2-10(13)3-5-18/h6-7,10,13,17H,2-5,8H2,1H3. The summed E-state index contributed by atoms with van der Waals surface area (Å²) in [5.74, 6) is 0.843. The largest absolute Gasteiger partial charge is 0.379 e. The van der Waals surface area contributed by atoms with Gasteiger partial charge in [-0.3, -0.25) is 0 Å². The van der Waals surface area contributed by atoms with Gasteiger partial charge >= 0.3 is 0 Å². The number of fused-ring (bicyclic) bond motifs is 3. The maximum absolute atomic E-state index is 3.74. The molecule has 1 aromatic carbocycles. The maximum Gasteiger partial charge on any atom is 0.0631 e. The lowest BCUT2D eigenvalue weighted by Crippen LogP contribution is -2.53. The van der Waals surface area contributed by atoms with E-state index < -0.39 is 0 Å². The van der Waals surface area contributed by atoms with E-state index in [2.05, 4.69) is 61.1 Å². The molecule has 1 atom stereocenters. The summed E-state index contributed by atoms with van der Waals surface area (Å²) < 4.78 is 2.32. The first-order chi connectivity index (χ1) is 8.63. The van der Waals surface area contributed by atoms with E-state index in [1.807, 2.05) is 0 Å². The third-order valence-corrected chi connectivity index (χ3v) is 5.42. The number of aryl methyl sites for hydroxylation is 1. The lowest BCUT2D eigenvalue weighted by atomic mass is 9.84. The topological polar surface area (TPSA) is 15.3 Å². The number of rotatable bonds is 2. The van der Waals surface area contributed by atoms with E-state index in [0.717, 1.165) is 14.9 Å². The first kappa shape index (κ1) is 12.9. The molecule has 3 saturated heterocycles. The van der Waals surface area contributed by atoms with E-state index in [4.69, 9.17) is 0 Å². The highest BCUT2D eigenvalue weighted by molar-refractivity contribution is 9.11. The normalized spacial score (nSPS) is 30.5. The van der Waals surface area contributed by atoms with Crippen molar-refractivity contribution in [3.05, 3.63) is 26.6 Å². The zero-order valence-electron chi connectivity index (χ0n) is 10.5. The van der Waals surface area contributed by atoms with Gasteiger partial charge in [0.05, 0.1) is 5.69 Å². The molecule has 98 valence electrons. The molecule has 1 unspecified atom stereocenters. The molecule has 3 aliphatic heterocycles. The van der Waals surface area contributed by atoms with Crippen molar-refractivity contribution in [1.29, 1.82) is 0 Å². The second-order valence-corrected chi connectivity index (χ2v) is 7.20. The second-order valence-electron chi connectivity index (χ2n) is 5.49. The van der Waals surface area contributed by atoms with E-state index in [1.54, 1.807) is 0 Å². The number of halogens is 2. The summed E-state index contributed by atoms with van der Waals surface area (Å²) in [4.78, 5) is 2.58. The maximum atomic E-state index is 3.74. The van der Waals surface area contributed by atoms with Crippen molar-refractivity contribution in [3.63, 3.8) is 0 Å². The number of piperidine rings is 3. The van der Waals surface area contributed by atoms with E-state index in [0.29, 0.717) is 6.04 Å². The fourth-order valence-corrected chi connectivity index (χ4v) is 4.80. The van der Waals surface area contributed by atoms with Crippen LogP contribution in [0, 0.1) is 12.8 Å². The van der Waals surface area contributed by atoms with Gasteiger partial charge < -0.3 is 10.2 Å². The molecule has 0 aromatic heterocycles. The van der Waals surface area contributed by atoms with Crippen molar-refractivity contribution in [2.45, 2.75) is 25.8 Å². The SMILES string of the molecule is Cc1cc(Br)c(NC2CN3CCC2CC3)c(Br)c1. The quantitative estimate of drug-likeness (QED) is 0.841. The number of anilines is 1. The van der Waals surface area contributed by atoms with Crippen LogP contribution in [0.25, 0.3) is 0 Å². The molecule has 0 saturated carbocycles. The Morgan fingerprint density at radius 2 is 1.78 bits per heavy atom. The van der Waals surface area contributed by atoms with Crippen LogP contribution in [0.2, 0.25) is 0 Å². The Morgan fingerprint density at radius 3 is 2.28 bits per heavy atom. The van der Waals surface area contributed by atoms with Crippen LogP contribution in [-0.4, -0.2) is 30.6 Å². The molecular formula is C14H18Br2N2. The van der Waals surface area contributed by atoms with Crippen LogP contribution in [-0.2, 0) is 0 Å². The Bertz CT molecular complexity index is 430. The van der Waals surface area contributed by atoms with Gasteiger partial charge in [0, 0.05) is 21.5 Å². The lowest BCUT2D eigenvalue weighted by molar-refractivity contribution is 0.0975. The molecule has 1 N–H and O–H groups in total. The van der Waals surface area contributed by atoms with Gasteiger partial charge in [0.2, 0.25) is 0 Å². The second kappa shape index (κ2) is 5.14. The summed E-state index contributed by atoms with van der Waals surface area (Å²) in [7, 11) is 0. The number of nitrogens with zero attached hydrogens (tertiary/aromatic N) is 1. The molecule has 18 heavy (non-hydrogen) atoms. The van der Waals surface area contributed by atoms with Crippen molar-refractivity contribution < 1.29 is 0 Å². The third kappa shape index (κ3) is 2.47. The molecule has 0 aliphatic carbocycles. The molecule has 2 bridgehead atoms.